The number of rotatable bonds is 1. The van der Waals surface area contributed by atoms with E-state index in [1.54, 1.807) is 0 Å². The molecule has 1 heterocycles. The number of hydrogen-bond donors (Lipinski definition) is 0. The molecule has 1 aliphatic heterocycles. The molecular formula is C10H16N2O. The summed E-state index contributed by atoms with van der Waals surface area (Å²) >= 11 is 0. The molecule has 3 heteroatoms. The van der Waals surface area contributed by atoms with Crippen molar-refractivity contribution in [3.05, 3.63) is 0 Å². The van der Waals surface area contributed by atoms with Crippen molar-refractivity contribution in [2.45, 2.75) is 39.2 Å². The van der Waals surface area contributed by atoms with Gasteiger partial charge in [-0.3, -0.25) is 4.79 Å². The fraction of sp³-hybridized carbons (Fsp3) is 0.800. The van der Waals surface area contributed by atoms with E-state index in [-0.39, 0.29) is 12.3 Å². The molecule has 0 aromatic carbocycles. The number of piperidine rings is 1. The second-order valence-electron chi connectivity index (χ2n) is 3.78. The van der Waals surface area contributed by atoms with Gasteiger partial charge in [0.2, 0.25) is 5.91 Å². The zero-order chi connectivity index (χ0) is 9.84. The first-order chi connectivity index (χ1) is 6.16. The summed E-state index contributed by atoms with van der Waals surface area (Å²) in [5.74, 6) is 0.554. The number of likely N-dealkylation sites (tertiary alicyclic amines) is 1. The minimum absolute atomic E-state index is 0.0125. The maximum atomic E-state index is 11.5. The van der Waals surface area contributed by atoms with Crippen LogP contribution in [0.25, 0.3) is 0 Å². The molecule has 0 spiro atoms. The van der Waals surface area contributed by atoms with Crippen molar-refractivity contribution in [1.29, 1.82) is 5.26 Å². The molecule has 0 radical (unpaired) electrons. The predicted octanol–water partition coefficient (Wildman–Crippen LogP) is 1.55. The van der Waals surface area contributed by atoms with Gasteiger partial charge >= 0.3 is 0 Å². The van der Waals surface area contributed by atoms with Gasteiger partial charge in [-0.15, -0.1) is 0 Å². The van der Waals surface area contributed by atoms with Gasteiger partial charge in [-0.1, -0.05) is 6.92 Å². The highest BCUT2D eigenvalue weighted by Crippen LogP contribution is 2.23. The molecule has 2 unspecified atom stereocenters. The zero-order valence-corrected chi connectivity index (χ0v) is 8.29. The molecule has 0 aromatic heterocycles. The smallest absolute Gasteiger partial charge is 0.237 e. The highest BCUT2D eigenvalue weighted by Gasteiger charge is 2.27. The molecule has 0 bridgehead atoms. The maximum Gasteiger partial charge on any atom is 0.237 e. The third-order valence-electron chi connectivity index (χ3n) is 2.92. The Morgan fingerprint density at radius 3 is 2.92 bits per heavy atom. The van der Waals surface area contributed by atoms with E-state index in [1.807, 2.05) is 11.0 Å². The van der Waals surface area contributed by atoms with Crippen LogP contribution in [-0.4, -0.2) is 23.4 Å². The van der Waals surface area contributed by atoms with Crippen LogP contribution in [0.1, 0.15) is 33.1 Å². The van der Waals surface area contributed by atoms with Crippen molar-refractivity contribution in [3.8, 4) is 6.07 Å². The summed E-state index contributed by atoms with van der Waals surface area (Å²) in [6.45, 7) is 5.06. The summed E-state index contributed by atoms with van der Waals surface area (Å²) < 4.78 is 0. The molecule has 72 valence electrons. The molecule has 1 saturated heterocycles. The second kappa shape index (κ2) is 4.27. The summed E-state index contributed by atoms with van der Waals surface area (Å²) in [7, 11) is 0. The third kappa shape index (κ3) is 2.21. The molecule has 0 aliphatic carbocycles. The van der Waals surface area contributed by atoms with E-state index < -0.39 is 0 Å². The molecule has 0 saturated carbocycles. The van der Waals surface area contributed by atoms with Crippen molar-refractivity contribution in [3.63, 3.8) is 0 Å². The van der Waals surface area contributed by atoms with Gasteiger partial charge in [0.05, 0.1) is 6.07 Å². The Morgan fingerprint density at radius 1 is 1.62 bits per heavy atom. The number of nitrogens with zero attached hydrogens (tertiary/aromatic N) is 2. The summed E-state index contributed by atoms with van der Waals surface area (Å²) in [5.41, 5.74) is 0. The van der Waals surface area contributed by atoms with Crippen molar-refractivity contribution in [2.24, 2.45) is 5.92 Å². The molecule has 1 aliphatic rings. The van der Waals surface area contributed by atoms with Gasteiger partial charge in [-0.25, -0.2) is 0 Å². The lowest BCUT2D eigenvalue weighted by molar-refractivity contribution is -0.134. The fourth-order valence-electron chi connectivity index (χ4n) is 1.86. The molecule has 1 fully saturated rings. The van der Waals surface area contributed by atoms with Gasteiger partial charge in [0.25, 0.3) is 0 Å². The van der Waals surface area contributed by atoms with E-state index in [1.165, 1.54) is 6.42 Å². The number of carbonyl (C=O) groups excluding carboxylic acids is 1. The SMILES string of the molecule is CC1CCCN(C(=O)CC#N)C1C. The molecular weight excluding hydrogens is 164 g/mol. The Balaban J connectivity index is 2.58. The lowest BCUT2D eigenvalue weighted by Crippen LogP contribution is -2.45. The summed E-state index contributed by atoms with van der Waals surface area (Å²) in [6, 6.07) is 2.21. The Morgan fingerprint density at radius 2 is 2.31 bits per heavy atom. The fourth-order valence-corrected chi connectivity index (χ4v) is 1.86. The number of carbonyl (C=O) groups is 1. The maximum absolute atomic E-state index is 11.5. The third-order valence-corrected chi connectivity index (χ3v) is 2.92. The van der Waals surface area contributed by atoms with Crippen LogP contribution in [0.5, 0.6) is 0 Å². The van der Waals surface area contributed by atoms with Crippen LogP contribution in [0.15, 0.2) is 0 Å². The standard InChI is InChI=1S/C10H16N2O/c1-8-4-3-7-12(9(8)2)10(13)5-6-11/h8-9H,3-5,7H2,1-2H3. The predicted molar refractivity (Wildman–Crippen MR) is 49.8 cm³/mol. The van der Waals surface area contributed by atoms with Crippen LogP contribution in [0.3, 0.4) is 0 Å². The van der Waals surface area contributed by atoms with Crippen LogP contribution in [0.2, 0.25) is 0 Å². The van der Waals surface area contributed by atoms with Crippen LogP contribution in [-0.2, 0) is 4.79 Å². The number of amides is 1. The largest absolute Gasteiger partial charge is 0.339 e. The Kier molecular flexibility index (Phi) is 3.30. The topological polar surface area (TPSA) is 44.1 Å². The first-order valence-corrected chi connectivity index (χ1v) is 4.83. The first-order valence-electron chi connectivity index (χ1n) is 4.83. The Hall–Kier alpha value is -1.04. The van der Waals surface area contributed by atoms with Gasteiger partial charge in [0.15, 0.2) is 0 Å². The zero-order valence-electron chi connectivity index (χ0n) is 8.29. The average molecular weight is 180 g/mol. The Bertz CT molecular complexity index is 232. The number of nitriles is 1. The van der Waals surface area contributed by atoms with E-state index in [4.69, 9.17) is 5.26 Å². The van der Waals surface area contributed by atoms with Crippen molar-refractivity contribution in [2.75, 3.05) is 6.54 Å². The van der Waals surface area contributed by atoms with Crippen molar-refractivity contribution in [1.82, 2.24) is 4.90 Å². The van der Waals surface area contributed by atoms with Gasteiger partial charge < -0.3 is 4.90 Å². The van der Waals surface area contributed by atoms with Crippen LogP contribution in [0.4, 0.5) is 0 Å². The van der Waals surface area contributed by atoms with Crippen molar-refractivity contribution >= 4 is 5.91 Å². The number of hydrogen-bond acceptors (Lipinski definition) is 2. The monoisotopic (exact) mass is 180 g/mol. The second-order valence-corrected chi connectivity index (χ2v) is 3.78. The van der Waals surface area contributed by atoms with E-state index in [0.717, 1.165) is 13.0 Å². The normalized spacial score (nSPS) is 28.2. The quantitative estimate of drug-likeness (QED) is 0.614. The first kappa shape index (κ1) is 10.0. The van der Waals surface area contributed by atoms with E-state index in [0.29, 0.717) is 12.0 Å². The molecule has 0 aromatic rings. The summed E-state index contributed by atoms with van der Waals surface area (Å²) in [6.07, 6.45) is 2.29. The minimum Gasteiger partial charge on any atom is -0.339 e. The lowest BCUT2D eigenvalue weighted by atomic mass is 9.92. The molecule has 1 amide bonds. The van der Waals surface area contributed by atoms with E-state index in [9.17, 15) is 4.79 Å². The van der Waals surface area contributed by atoms with Crippen LogP contribution in [0, 0.1) is 17.2 Å². The van der Waals surface area contributed by atoms with Gasteiger partial charge in [0.1, 0.15) is 6.42 Å². The summed E-state index contributed by atoms with van der Waals surface area (Å²) in [4.78, 5) is 13.3. The highest BCUT2D eigenvalue weighted by atomic mass is 16.2. The molecule has 1 rings (SSSR count). The van der Waals surface area contributed by atoms with Gasteiger partial charge in [0, 0.05) is 12.6 Å². The molecule has 2 atom stereocenters. The Labute approximate surface area is 79.3 Å². The average Bonchev–Trinajstić information content (AvgIpc) is 2.10. The molecule has 13 heavy (non-hydrogen) atoms. The van der Waals surface area contributed by atoms with Crippen LogP contribution >= 0.6 is 0 Å². The summed E-state index contributed by atoms with van der Waals surface area (Å²) in [5, 5.41) is 8.42. The van der Waals surface area contributed by atoms with E-state index in [2.05, 4.69) is 13.8 Å². The van der Waals surface area contributed by atoms with E-state index >= 15 is 0 Å². The van der Waals surface area contributed by atoms with Crippen molar-refractivity contribution < 1.29 is 4.79 Å². The molecule has 0 N–H and O–H groups in total. The molecule has 3 nitrogen and oxygen atoms in total. The van der Waals surface area contributed by atoms with Gasteiger partial charge in [-0.2, -0.15) is 5.26 Å². The van der Waals surface area contributed by atoms with Crippen LogP contribution < -0.4 is 0 Å². The minimum atomic E-state index is -0.0125. The lowest BCUT2D eigenvalue weighted by Gasteiger charge is -2.37. The highest BCUT2D eigenvalue weighted by molar-refractivity contribution is 5.78. The van der Waals surface area contributed by atoms with Gasteiger partial charge in [-0.05, 0) is 25.7 Å².